The van der Waals surface area contributed by atoms with Gasteiger partial charge in [0.25, 0.3) is 0 Å². The summed E-state index contributed by atoms with van der Waals surface area (Å²) in [6, 6.07) is 37.2. The Balaban J connectivity index is 1.08. The highest BCUT2D eigenvalue weighted by molar-refractivity contribution is 5.31. The molecule has 0 radical (unpaired) electrons. The lowest BCUT2D eigenvalue weighted by Gasteiger charge is -2.26. The summed E-state index contributed by atoms with van der Waals surface area (Å²) in [5.41, 5.74) is 4.80. The Morgan fingerprint density at radius 2 is 1.17 bits per heavy atom. The van der Waals surface area contributed by atoms with Crippen LogP contribution in [0.2, 0.25) is 0 Å². The maximum Gasteiger partial charge on any atom is 0.119 e. The Labute approximate surface area is 214 Å². The van der Waals surface area contributed by atoms with Crippen molar-refractivity contribution < 1.29 is 14.2 Å². The van der Waals surface area contributed by atoms with Crippen molar-refractivity contribution in [2.75, 3.05) is 0 Å². The van der Waals surface area contributed by atoms with Crippen LogP contribution in [0.1, 0.15) is 41.2 Å². The smallest absolute Gasteiger partial charge is 0.119 e. The Morgan fingerprint density at radius 3 is 1.75 bits per heavy atom. The van der Waals surface area contributed by atoms with Gasteiger partial charge in [-0.15, -0.1) is 0 Å². The molecular formula is C33H32O3. The van der Waals surface area contributed by atoms with E-state index < -0.39 is 0 Å². The molecule has 5 rings (SSSR count). The highest BCUT2D eigenvalue weighted by Crippen LogP contribution is 2.29. The maximum atomic E-state index is 6.42. The van der Waals surface area contributed by atoms with Crippen LogP contribution in [0.15, 0.2) is 121 Å². The average molecular weight is 477 g/mol. The van der Waals surface area contributed by atoms with Crippen LogP contribution in [0.3, 0.4) is 0 Å². The highest BCUT2D eigenvalue weighted by Gasteiger charge is 2.19. The molecule has 182 valence electrons. The predicted octanol–water partition coefficient (Wildman–Crippen LogP) is 7.86. The molecule has 36 heavy (non-hydrogen) atoms. The van der Waals surface area contributed by atoms with Crippen LogP contribution in [0.25, 0.3) is 0 Å². The van der Waals surface area contributed by atoms with E-state index in [4.69, 9.17) is 14.2 Å². The predicted molar refractivity (Wildman–Crippen MR) is 144 cm³/mol. The van der Waals surface area contributed by atoms with E-state index in [0.29, 0.717) is 13.2 Å². The second kappa shape index (κ2) is 12.2. The first-order valence-corrected chi connectivity index (χ1v) is 12.7. The monoisotopic (exact) mass is 476 g/mol. The lowest BCUT2D eigenvalue weighted by Crippen LogP contribution is -2.19. The topological polar surface area (TPSA) is 27.7 Å². The fourth-order valence-corrected chi connectivity index (χ4v) is 4.35. The van der Waals surface area contributed by atoms with Gasteiger partial charge >= 0.3 is 0 Å². The molecule has 1 aliphatic heterocycles. The summed E-state index contributed by atoms with van der Waals surface area (Å²) in [5.74, 6) is 1.77. The molecule has 3 nitrogen and oxygen atoms in total. The minimum atomic E-state index is -0.0133. The molecule has 0 fully saturated rings. The fraction of sp³-hybridized carbons (Fsp3) is 0.212. The van der Waals surface area contributed by atoms with Crippen LogP contribution < -0.4 is 9.47 Å². The molecule has 2 atom stereocenters. The second-order valence-electron chi connectivity index (χ2n) is 9.14. The quantitative estimate of drug-likeness (QED) is 0.218. The Morgan fingerprint density at radius 1 is 0.611 bits per heavy atom. The average Bonchev–Trinajstić information content (AvgIpc) is 2.96. The molecule has 0 aromatic heterocycles. The zero-order valence-corrected chi connectivity index (χ0v) is 20.5. The van der Waals surface area contributed by atoms with Crippen LogP contribution in [-0.4, -0.2) is 6.10 Å². The van der Waals surface area contributed by atoms with Crippen LogP contribution in [0.4, 0.5) is 0 Å². The maximum absolute atomic E-state index is 6.42. The lowest BCUT2D eigenvalue weighted by molar-refractivity contribution is 0.000716. The minimum absolute atomic E-state index is 0.0133. The van der Waals surface area contributed by atoms with Gasteiger partial charge in [-0.25, -0.2) is 0 Å². The molecule has 0 saturated heterocycles. The van der Waals surface area contributed by atoms with Crippen molar-refractivity contribution in [1.82, 2.24) is 0 Å². The van der Waals surface area contributed by atoms with E-state index >= 15 is 0 Å². The molecule has 0 spiro atoms. The molecular weight excluding hydrogens is 444 g/mol. The molecule has 0 amide bonds. The van der Waals surface area contributed by atoms with Gasteiger partial charge in [-0.1, -0.05) is 97.1 Å². The summed E-state index contributed by atoms with van der Waals surface area (Å²) in [6.07, 6.45) is 7.53. The van der Waals surface area contributed by atoms with Gasteiger partial charge in [-0.2, -0.15) is 0 Å². The molecule has 0 unspecified atom stereocenters. The highest BCUT2D eigenvalue weighted by atomic mass is 16.5. The Hall–Kier alpha value is -3.82. The van der Waals surface area contributed by atoms with Gasteiger partial charge in [-0.05, 0) is 65.8 Å². The number of rotatable bonds is 10. The SMILES string of the molecule is C1=C[C@@H](c2ccc(OCc3ccccc3)cc2)O[C@H](CCc2ccc(OCc3ccccc3)cc2)C1. The zero-order valence-electron chi connectivity index (χ0n) is 20.5. The normalized spacial score (nSPS) is 17.0. The number of hydrogen-bond donors (Lipinski definition) is 0. The van der Waals surface area contributed by atoms with E-state index in [0.717, 1.165) is 41.9 Å². The lowest BCUT2D eigenvalue weighted by atomic mass is 10.00. The van der Waals surface area contributed by atoms with Crippen LogP contribution in [-0.2, 0) is 24.4 Å². The number of benzene rings is 4. The zero-order chi connectivity index (χ0) is 24.4. The Kier molecular flexibility index (Phi) is 8.12. The third-order valence-corrected chi connectivity index (χ3v) is 6.43. The summed E-state index contributed by atoms with van der Waals surface area (Å²) in [7, 11) is 0. The third kappa shape index (κ3) is 6.87. The standard InChI is InChI=1S/C33H32O3/c1-3-8-27(9-4-1)24-34-30-19-14-26(15-20-30)16-21-32-12-7-13-33(36-32)29-17-22-31(23-18-29)35-25-28-10-5-2-6-11-28/h1-11,13-15,17-20,22-23,32-33H,12,16,21,24-25H2/t32-,33-/m0/s1. The molecule has 1 heterocycles. The van der Waals surface area contributed by atoms with Gasteiger partial charge in [0, 0.05) is 0 Å². The summed E-state index contributed by atoms with van der Waals surface area (Å²) in [5, 5.41) is 0. The summed E-state index contributed by atoms with van der Waals surface area (Å²) >= 11 is 0. The summed E-state index contributed by atoms with van der Waals surface area (Å²) in [4.78, 5) is 0. The first kappa shape index (κ1) is 23.9. The number of hydrogen-bond acceptors (Lipinski definition) is 3. The molecule has 0 bridgehead atoms. The van der Waals surface area contributed by atoms with Gasteiger partial charge in [0.1, 0.15) is 30.8 Å². The molecule has 0 saturated carbocycles. The van der Waals surface area contributed by atoms with Crippen molar-refractivity contribution >= 4 is 0 Å². The van der Waals surface area contributed by atoms with Crippen LogP contribution in [0.5, 0.6) is 11.5 Å². The molecule has 1 aliphatic rings. The summed E-state index contributed by atoms with van der Waals surface area (Å²) in [6.45, 7) is 1.16. The van der Waals surface area contributed by atoms with Crippen molar-refractivity contribution in [3.8, 4) is 11.5 Å². The van der Waals surface area contributed by atoms with E-state index in [-0.39, 0.29) is 12.2 Å². The Bertz CT molecular complexity index is 1220. The molecule has 4 aromatic carbocycles. The van der Waals surface area contributed by atoms with Crippen molar-refractivity contribution in [2.24, 2.45) is 0 Å². The van der Waals surface area contributed by atoms with Gasteiger partial charge in [0.2, 0.25) is 0 Å². The van der Waals surface area contributed by atoms with Gasteiger partial charge < -0.3 is 14.2 Å². The van der Waals surface area contributed by atoms with Crippen LogP contribution >= 0.6 is 0 Å². The molecule has 4 aromatic rings. The third-order valence-electron chi connectivity index (χ3n) is 6.43. The first-order valence-electron chi connectivity index (χ1n) is 12.7. The minimum Gasteiger partial charge on any atom is -0.489 e. The van der Waals surface area contributed by atoms with Crippen molar-refractivity contribution in [3.63, 3.8) is 0 Å². The largest absolute Gasteiger partial charge is 0.489 e. The molecule has 3 heteroatoms. The van der Waals surface area contributed by atoms with Gasteiger partial charge in [0.15, 0.2) is 0 Å². The van der Waals surface area contributed by atoms with E-state index in [1.807, 2.05) is 48.5 Å². The van der Waals surface area contributed by atoms with Crippen LogP contribution in [0, 0.1) is 0 Å². The van der Waals surface area contributed by atoms with Crippen molar-refractivity contribution in [1.29, 1.82) is 0 Å². The van der Waals surface area contributed by atoms with E-state index in [2.05, 4.69) is 72.8 Å². The molecule has 0 N–H and O–H groups in total. The first-order chi connectivity index (χ1) is 17.8. The summed E-state index contributed by atoms with van der Waals surface area (Å²) < 4.78 is 18.3. The van der Waals surface area contributed by atoms with Gasteiger partial charge in [-0.3, -0.25) is 0 Å². The fourth-order valence-electron chi connectivity index (χ4n) is 4.35. The van der Waals surface area contributed by atoms with E-state index in [1.165, 1.54) is 11.1 Å². The van der Waals surface area contributed by atoms with E-state index in [9.17, 15) is 0 Å². The second-order valence-corrected chi connectivity index (χ2v) is 9.14. The number of aryl methyl sites for hydroxylation is 1. The molecule has 0 aliphatic carbocycles. The van der Waals surface area contributed by atoms with Crippen molar-refractivity contribution in [2.45, 2.75) is 44.7 Å². The van der Waals surface area contributed by atoms with Crippen molar-refractivity contribution in [3.05, 3.63) is 144 Å². The number of ether oxygens (including phenoxy) is 3. The van der Waals surface area contributed by atoms with E-state index in [1.54, 1.807) is 0 Å². The van der Waals surface area contributed by atoms with Gasteiger partial charge in [0.05, 0.1) is 6.10 Å².